The molecule has 0 radical (unpaired) electrons. The summed E-state index contributed by atoms with van der Waals surface area (Å²) in [4.78, 5) is 12.0. The largest absolute Gasteiger partial charge is 0.481 e. The lowest BCUT2D eigenvalue weighted by molar-refractivity contribution is -0.128. The summed E-state index contributed by atoms with van der Waals surface area (Å²) in [6.07, 6.45) is 1.17. The Hall–Kier alpha value is -1.51. The van der Waals surface area contributed by atoms with Crippen LogP contribution >= 0.6 is 0 Å². The first kappa shape index (κ1) is 14.6. The number of hydrogen-bond acceptors (Lipinski definition) is 2. The van der Waals surface area contributed by atoms with Crippen molar-refractivity contribution in [3.05, 3.63) is 29.8 Å². The number of aryl methyl sites for hydroxylation is 1. The third kappa shape index (κ3) is 4.40. The summed E-state index contributed by atoms with van der Waals surface area (Å²) in [6, 6.07) is 7.94. The first-order chi connectivity index (χ1) is 8.56. The van der Waals surface area contributed by atoms with Crippen LogP contribution in [0.2, 0.25) is 0 Å². The lowest BCUT2D eigenvalue weighted by Gasteiger charge is -2.19. The highest BCUT2D eigenvalue weighted by molar-refractivity contribution is 5.81. The Kier molecular flexibility index (Phi) is 5.69. The van der Waals surface area contributed by atoms with Crippen molar-refractivity contribution in [3.63, 3.8) is 0 Å². The Morgan fingerprint density at radius 1 is 1.22 bits per heavy atom. The van der Waals surface area contributed by atoms with Gasteiger partial charge in [0.1, 0.15) is 5.75 Å². The van der Waals surface area contributed by atoms with E-state index in [2.05, 4.69) is 5.32 Å². The summed E-state index contributed by atoms with van der Waals surface area (Å²) in [6.45, 7) is 8.02. The van der Waals surface area contributed by atoms with Gasteiger partial charge in [-0.15, -0.1) is 0 Å². The quantitative estimate of drug-likeness (QED) is 0.841. The maximum Gasteiger partial charge on any atom is 0.261 e. The van der Waals surface area contributed by atoms with Gasteiger partial charge in [-0.3, -0.25) is 4.79 Å². The molecule has 0 bridgehead atoms. The molecule has 1 aromatic rings. The third-order valence-electron chi connectivity index (χ3n) is 2.96. The highest BCUT2D eigenvalue weighted by Crippen LogP contribution is 2.14. The van der Waals surface area contributed by atoms with Gasteiger partial charge in [0, 0.05) is 6.04 Å². The normalized spacial score (nSPS) is 13.8. The van der Waals surface area contributed by atoms with E-state index >= 15 is 0 Å². The van der Waals surface area contributed by atoms with Crippen molar-refractivity contribution in [2.75, 3.05) is 0 Å². The zero-order chi connectivity index (χ0) is 13.5. The average molecular weight is 249 g/mol. The van der Waals surface area contributed by atoms with Crippen LogP contribution in [0.5, 0.6) is 5.75 Å². The number of amides is 1. The minimum absolute atomic E-state index is 0.0348. The molecule has 0 saturated carbocycles. The molecule has 0 aliphatic rings. The van der Waals surface area contributed by atoms with Gasteiger partial charge in [0.15, 0.2) is 6.10 Å². The predicted octanol–water partition coefficient (Wildman–Crippen LogP) is 3.07. The molecule has 0 fully saturated rings. The Bertz CT molecular complexity index is 373. The molecule has 18 heavy (non-hydrogen) atoms. The number of carbonyl (C=O) groups is 1. The van der Waals surface area contributed by atoms with E-state index in [1.807, 2.05) is 52.0 Å². The van der Waals surface area contributed by atoms with Gasteiger partial charge >= 0.3 is 0 Å². The monoisotopic (exact) mass is 249 g/mol. The Morgan fingerprint density at radius 2 is 1.83 bits per heavy atom. The van der Waals surface area contributed by atoms with Crippen LogP contribution in [0.15, 0.2) is 24.3 Å². The lowest BCUT2D eigenvalue weighted by atomic mass is 10.2. The van der Waals surface area contributed by atoms with Crippen LogP contribution in [-0.4, -0.2) is 18.1 Å². The average Bonchev–Trinajstić information content (AvgIpc) is 2.37. The fourth-order valence-corrected chi connectivity index (χ4v) is 1.54. The molecule has 0 aliphatic carbocycles. The summed E-state index contributed by atoms with van der Waals surface area (Å²) in [5.74, 6) is 0.708. The van der Waals surface area contributed by atoms with Gasteiger partial charge in [0.05, 0.1) is 0 Å². The Morgan fingerprint density at radius 3 is 2.33 bits per heavy atom. The van der Waals surface area contributed by atoms with E-state index in [-0.39, 0.29) is 11.9 Å². The summed E-state index contributed by atoms with van der Waals surface area (Å²) >= 11 is 0. The third-order valence-corrected chi connectivity index (χ3v) is 2.96. The zero-order valence-corrected chi connectivity index (χ0v) is 11.7. The summed E-state index contributed by atoms with van der Waals surface area (Å²) < 4.78 is 5.71. The van der Waals surface area contributed by atoms with Gasteiger partial charge < -0.3 is 10.1 Å². The van der Waals surface area contributed by atoms with Gasteiger partial charge in [-0.05, 0) is 38.8 Å². The molecule has 3 heteroatoms. The zero-order valence-electron chi connectivity index (χ0n) is 11.7. The Balaban J connectivity index is 2.61. The number of ether oxygens (including phenoxy) is 1. The molecule has 0 spiro atoms. The van der Waals surface area contributed by atoms with Crippen molar-refractivity contribution in [2.45, 2.75) is 52.7 Å². The summed E-state index contributed by atoms with van der Waals surface area (Å²) in [5, 5.41) is 2.95. The van der Waals surface area contributed by atoms with Crippen molar-refractivity contribution in [1.29, 1.82) is 0 Å². The van der Waals surface area contributed by atoms with E-state index in [0.29, 0.717) is 6.42 Å². The summed E-state index contributed by atoms with van der Waals surface area (Å²) in [7, 11) is 0. The molecule has 1 amide bonds. The van der Waals surface area contributed by atoms with Gasteiger partial charge in [0.2, 0.25) is 0 Å². The molecule has 1 aromatic carbocycles. The lowest BCUT2D eigenvalue weighted by Crippen LogP contribution is -2.42. The maximum absolute atomic E-state index is 12.0. The minimum Gasteiger partial charge on any atom is -0.481 e. The van der Waals surface area contributed by atoms with E-state index in [1.54, 1.807) is 0 Å². The molecular weight excluding hydrogens is 226 g/mol. The first-order valence-electron chi connectivity index (χ1n) is 6.60. The highest BCUT2D eigenvalue weighted by atomic mass is 16.5. The molecule has 0 saturated heterocycles. The fourth-order valence-electron chi connectivity index (χ4n) is 1.54. The van der Waals surface area contributed by atoms with Crippen molar-refractivity contribution in [3.8, 4) is 5.75 Å². The van der Waals surface area contributed by atoms with Crippen LogP contribution in [0, 0.1) is 6.92 Å². The SMILES string of the molecule is CC[C@@H](C)NC(=O)[C@@H](CC)Oc1ccc(C)cc1. The van der Waals surface area contributed by atoms with Crippen LogP contribution < -0.4 is 10.1 Å². The molecule has 3 nitrogen and oxygen atoms in total. The molecule has 2 atom stereocenters. The van der Waals surface area contributed by atoms with E-state index < -0.39 is 6.10 Å². The van der Waals surface area contributed by atoms with Gasteiger partial charge in [0.25, 0.3) is 5.91 Å². The molecule has 0 unspecified atom stereocenters. The van der Waals surface area contributed by atoms with E-state index in [9.17, 15) is 4.79 Å². The molecule has 0 heterocycles. The smallest absolute Gasteiger partial charge is 0.261 e. The maximum atomic E-state index is 12.0. The number of rotatable bonds is 6. The van der Waals surface area contributed by atoms with Crippen molar-refractivity contribution in [2.24, 2.45) is 0 Å². The molecule has 0 aromatic heterocycles. The number of benzene rings is 1. The van der Waals surface area contributed by atoms with Crippen molar-refractivity contribution in [1.82, 2.24) is 5.32 Å². The van der Waals surface area contributed by atoms with E-state index in [4.69, 9.17) is 4.74 Å². The number of nitrogens with one attached hydrogen (secondary N) is 1. The highest BCUT2D eigenvalue weighted by Gasteiger charge is 2.19. The summed E-state index contributed by atoms with van der Waals surface area (Å²) in [5.41, 5.74) is 1.18. The second-order valence-electron chi connectivity index (χ2n) is 4.65. The van der Waals surface area contributed by atoms with Crippen LogP contribution in [0.25, 0.3) is 0 Å². The van der Waals surface area contributed by atoms with Crippen LogP contribution in [0.3, 0.4) is 0 Å². The molecule has 1 N–H and O–H groups in total. The second kappa shape index (κ2) is 7.04. The molecular formula is C15H23NO2. The van der Waals surface area contributed by atoms with E-state index in [1.165, 1.54) is 5.56 Å². The van der Waals surface area contributed by atoms with Crippen LogP contribution in [0.1, 0.15) is 39.2 Å². The van der Waals surface area contributed by atoms with E-state index in [0.717, 1.165) is 12.2 Å². The van der Waals surface area contributed by atoms with Gasteiger partial charge in [-0.2, -0.15) is 0 Å². The van der Waals surface area contributed by atoms with Crippen LogP contribution in [0.4, 0.5) is 0 Å². The Labute approximate surface area is 110 Å². The number of hydrogen-bond donors (Lipinski definition) is 1. The molecule has 100 valence electrons. The van der Waals surface area contributed by atoms with Gasteiger partial charge in [-0.1, -0.05) is 31.5 Å². The predicted molar refractivity (Wildman–Crippen MR) is 73.8 cm³/mol. The second-order valence-corrected chi connectivity index (χ2v) is 4.65. The number of carbonyl (C=O) groups excluding carboxylic acids is 1. The topological polar surface area (TPSA) is 38.3 Å². The molecule has 0 aliphatic heterocycles. The minimum atomic E-state index is -0.415. The van der Waals surface area contributed by atoms with Crippen LogP contribution in [-0.2, 0) is 4.79 Å². The molecule has 1 rings (SSSR count). The van der Waals surface area contributed by atoms with Crippen molar-refractivity contribution < 1.29 is 9.53 Å². The first-order valence-corrected chi connectivity index (χ1v) is 6.60. The fraction of sp³-hybridized carbons (Fsp3) is 0.533. The van der Waals surface area contributed by atoms with Gasteiger partial charge in [-0.25, -0.2) is 0 Å². The standard InChI is InChI=1S/C15H23NO2/c1-5-12(4)16-15(17)14(6-2)18-13-9-7-11(3)8-10-13/h7-10,12,14H,5-6H2,1-4H3,(H,16,17)/t12-,14-/m1/s1. The van der Waals surface area contributed by atoms with Crippen molar-refractivity contribution >= 4 is 5.91 Å².